The van der Waals surface area contributed by atoms with E-state index in [0.717, 1.165) is 23.2 Å². The van der Waals surface area contributed by atoms with Gasteiger partial charge in [0, 0.05) is 21.8 Å². The fourth-order valence-electron chi connectivity index (χ4n) is 2.71. The number of aliphatic imine (C=N–C) groups is 1. The SMILES string of the molecule is CCc1ccc(N=Cc2cc(Cl)c(OCc3ccc(Cl)cc3Cl)c(OC)c2)cc1. The lowest BCUT2D eigenvalue weighted by atomic mass is 10.1. The van der Waals surface area contributed by atoms with Crippen LogP contribution in [0.4, 0.5) is 5.69 Å². The molecule has 0 saturated heterocycles. The number of nitrogens with zero attached hydrogens (tertiary/aromatic N) is 1. The molecule has 3 nitrogen and oxygen atoms in total. The van der Waals surface area contributed by atoms with Crippen molar-refractivity contribution in [2.45, 2.75) is 20.0 Å². The first-order valence-electron chi connectivity index (χ1n) is 9.07. The summed E-state index contributed by atoms with van der Waals surface area (Å²) >= 11 is 18.6. The van der Waals surface area contributed by atoms with E-state index in [4.69, 9.17) is 44.3 Å². The Labute approximate surface area is 185 Å². The van der Waals surface area contributed by atoms with Gasteiger partial charge < -0.3 is 9.47 Å². The average molecular weight is 449 g/mol. The van der Waals surface area contributed by atoms with Crippen molar-refractivity contribution in [2.75, 3.05) is 7.11 Å². The van der Waals surface area contributed by atoms with Gasteiger partial charge in [0.1, 0.15) is 6.61 Å². The number of hydrogen-bond acceptors (Lipinski definition) is 3. The molecule has 0 radical (unpaired) electrons. The van der Waals surface area contributed by atoms with Crippen LogP contribution < -0.4 is 9.47 Å². The Morgan fingerprint density at radius 3 is 2.34 bits per heavy atom. The summed E-state index contributed by atoms with van der Waals surface area (Å²) in [7, 11) is 1.57. The van der Waals surface area contributed by atoms with Gasteiger partial charge in [0.15, 0.2) is 11.5 Å². The molecule has 0 amide bonds. The first-order valence-corrected chi connectivity index (χ1v) is 10.2. The number of benzene rings is 3. The van der Waals surface area contributed by atoms with E-state index in [0.29, 0.717) is 26.6 Å². The normalized spacial score (nSPS) is 11.1. The monoisotopic (exact) mass is 447 g/mol. The summed E-state index contributed by atoms with van der Waals surface area (Å²) in [6.45, 7) is 2.36. The zero-order valence-electron chi connectivity index (χ0n) is 16.1. The summed E-state index contributed by atoms with van der Waals surface area (Å²) in [6.07, 6.45) is 2.74. The molecule has 6 heteroatoms. The van der Waals surface area contributed by atoms with Crippen LogP contribution in [0.15, 0.2) is 59.6 Å². The van der Waals surface area contributed by atoms with Crippen molar-refractivity contribution in [1.29, 1.82) is 0 Å². The topological polar surface area (TPSA) is 30.8 Å². The third-order valence-electron chi connectivity index (χ3n) is 4.35. The first-order chi connectivity index (χ1) is 14.0. The fourth-order valence-corrected chi connectivity index (χ4v) is 3.45. The molecule has 0 spiro atoms. The van der Waals surface area contributed by atoms with Crippen molar-refractivity contribution in [2.24, 2.45) is 4.99 Å². The van der Waals surface area contributed by atoms with Crippen LogP contribution in [-0.4, -0.2) is 13.3 Å². The lowest BCUT2D eigenvalue weighted by Gasteiger charge is -2.14. The minimum Gasteiger partial charge on any atom is -0.493 e. The van der Waals surface area contributed by atoms with Gasteiger partial charge in [0.2, 0.25) is 0 Å². The van der Waals surface area contributed by atoms with Crippen molar-refractivity contribution in [3.8, 4) is 11.5 Å². The summed E-state index contributed by atoms with van der Waals surface area (Å²) in [5, 5.41) is 1.53. The molecule has 0 fully saturated rings. The van der Waals surface area contributed by atoms with Gasteiger partial charge in [-0.2, -0.15) is 0 Å². The Bertz CT molecular complexity index is 1020. The molecule has 0 N–H and O–H groups in total. The number of ether oxygens (including phenoxy) is 2. The molecule has 150 valence electrons. The minimum atomic E-state index is 0.239. The second-order valence-electron chi connectivity index (χ2n) is 6.34. The summed E-state index contributed by atoms with van der Waals surface area (Å²) in [6, 6.07) is 17.0. The van der Waals surface area contributed by atoms with Gasteiger partial charge in [-0.25, -0.2) is 0 Å². The summed E-state index contributed by atoms with van der Waals surface area (Å²) < 4.78 is 11.3. The van der Waals surface area contributed by atoms with Crippen LogP contribution in [-0.2, 0) is 13.0 Å². The zero-order chi connectivity index (χ0) is 20.8. The molecule has 0 aliphatic heterocycles. The van der Waals surface area contributed by atoms with Crippen molar-refractivity contribution in [3.05, 3.63) is 86.4 Å². The number of hydrogen-bond donors (Lipinski definition) is 0. The zero-order valence-corrected chi connectivity index (χ0v) is 18.4. The van der Waals surface area contributed by atoms with Crippen LogP contribution in [0.3, 0.4) is 0 Å². The number of halogens is 3. The maximum absolute atomic E-state index is 6.45. The van der Waals surface area contributed by atoms with E-state index in [1.807, 2.05) is 24.3 Å². The molecular formula is C23H20Cl3NO2. The number of rotatable bonds is 7. The molecule has 29 heavy (non-hydrogen) atoms. The maximum Gasteiger partial charge on any atom is 0.180 e. The molecule has 0 bridgehead atoms. The van der Waals surface area contributed by atoms with Gasteiger partial charge in [-0.05, 0) is 53.9 Å². The van der Waals surface area contributed by atoms with Crippen LogP contribution in [0.5, 0.6) is 11.5 Å². The minimum absolute atomic E-state index is 0.239. The predicted molar refractivity (Wildman–Crippen MR) is 122 cm³/mol. The highest BCUT2D eigenvalue weighted by molar-refractivity contribution is 6.35. The molecular weight excluding hydrogens is 429 g/mol. The van der Waals surface area contributed by atoms with Gasteiger partial charge in [-0.15, -0.1) is 0 Å². The lowest BCUT2D eigenvalue weighted by Crippen LogP contribution is -2.00. The van der Waals surface area contributed by atoms with E-state index in [-0.39, 0.29) is 6.61 Å². The Kier molecular flexibility index (Phi) is 7.43. The standard InChI is InChI=1S/C23H20Cl3NO2/c1-3-15-4-8-19(9-5-15)27-13-16-10-21(26)23(22(11-16)28-2)29-14-17-6-7-18(24)12-20(17)25/h4-13H,3,14H2,1-2H3. The van der Waals surface area contributed by atoms with Crippen molar-refractivity contribution in [1.82, 2.24) is 0 Å². The Morgan fingerprint density at radius 1 is 0.931 bits per heavy atom. The van der Waals surface area contributed by atoms with Gasteiger partial charge in [-0.1, -0.05) is 59.9 Å². The van der Waals surface area contributed by atoms with E-state index in [1.165, 1.54) is 5.56 Å². The summed E-state index contributed by atoms with van der Waals surface area (Å²) in [4.78, 5) is 4.50. The van der Waals surface area contributed by atoms with Crippen molar-refractivity contribution < 1.29 is 9.47 Å². The second-order valence-corrected chi connectivity index (χ2v) is 7.59. The largest absolute Gasteiger partial charge is 0.493 e. The maximum atomic E-state index is 6.45. The summed E-state index contributed by atoms with van der Waals surface area (Å²) in [5.41, 5.74) is 3.75. The molecule has 0 aliphatic carbocycles. The molecule has 3 aromatic rings. The van der Waals surface area contributed by atoms with Crippen LogP contribution in [0.25, 0.3) is 0 Å². The molecule has 0 heterocycles. The van der Waals surface area contributed by atoms with E-state index < -0.39 is 0 Å². The van der Waals surface area contributed by atoms with E-state index in [2.05, 4.69) is 24.0 Å². The fraction of sp³-hybridized carbons (Fsp3) is 0.174. The van der Waals surface area contributed by atoms with Crippen LogP contribution >= 0.6 is 34.8 Å². The molecule has 3 rings (SSSR count). The Hall–Kier alpha value is -2.20. The van der Waals surface area contributed by atoms with Gasteiger partial charge >= 0.3 is 0 Å². The predicted octanol–water partition coefficient (Wildman–Crippen LogP) is 7.55. The van der Waals surface area contributed by atoms with E-state index >= 15 is 0 Å². The Morgan fingerprint density at radius 2 is 1.69 bits per heavy atom. The third kappa shape index (κ3) is 5.66. The van der Waals surface area contributed by atoms with Crippen LogP contribution in [0, 0.1) is 0 Å². The van der Waals surface area contributed by atoms with Crippen molar-refractivity contribution >= 4 is 46.7 Å². The number of aryl methyl sites for hydroxylation is 1. The molecule has 0 aliphatic rings. The first kappa shape index (κ1) is 21.5. The van der Waals surface area contributed by atoms with Gasteiger partial charge in [-0.3, -0.25) is 4.99 Å². The molecule has 0 saturated carbocycles. The quantitative estimate of drug-likeness (QED) is 0.349. The van der Waals surface area contributed by atoms with Crippen LogP contribution in [0.2, 0.25) is 15.1 Å². The van der Waals surface area contributed by atoms with E-state index in [1.54, 1.807) is 31.5 Å². The van der Waals surface area contributed by atoms with Crippen molar-refractivity contribution in [3.63, 3.8) is 0 Å². The molecule has 0 atom stereocenters. The smallest absolute Gasteiger partial charge is 0.180 e. The molecule has 0 unspecified atom stereocenters. The highest BCUT2D eigenvalue weighted by atomic mass is 35.5. The average Bonchev–Trinajstić information content (AvgIpc) is 2.72. The second kappa shape index (κ2) is 10.0. The van der Waals surface area contributed by atoms with Gasteiger partial charge in [0.25, 0.3) is 0 Å². The molecule has 0 aromatic heterocycles. The van der Waals surface area contributed by atoms with E-state index in [9.17, 15) is 0 Å². The Balaban J connectivity index is 1.78. The van der Waals surface area contributed by atoms with Gasteiger partial charge in [0.05, 0.1) is 17.8 Å². The summed E-state index contributed by atoms with van der Waals surface area (Å²) in [5.74, 6) is 0.968. The molecule has 3 aromatic carbocycles. The highest BCUT2D eigenvalue weighted by Gasteiger charge is 2.13. The third-order valence-corrected chi connectivity index (χ3v) is 5.21. The highest BCUT2D eigenvalue weighted by Crippen LogP contribution is 2.37. The van der Waals surface area contributed by atoms with Crippen LogP contribution in [0.1, 0.15) is 23.6 Å². The lowest BCUT2D eigenvalue weighted by molar-refractivity contribution is 0.285. The number of methoxy groups -OCH3 is 1.